The van der Waals surface area contributed by atoms with E-state index < -0.39 is 5.91 Å². The lowest BCUT2D eigenvalue weighted by atomic mass is 10.1. The molecule has 144 valence electrons. The molecule has 2 aromatic rings. The third kappa shape index (κ3) is 5.01. The lowest BCUT2D eigenvalue weighted by Gasteiger charge is -2.37. The summed E-state index contributed by atoms with van der Waals surface area (Å²) in [5.74, 6) is 0.362. The number of primary amides is 1. The minimum absolute atomic E-state index is 0.415. The Labute approximate surface area is 161 Å². The highest BCUT2D eigenvalue weighted by Gasteiger charge is 2.18. The SMILES string of the molecule is Cc1cccc(N2CCN(CCCOc3ccc(C(N)=O)cc3)CC2)c1C. The average molecular weight is 367 g/mol. The maximum Gasteiger partial charge on any atom is 0.248 e. The number of hydrogen-bond donors (Lipinski definition) is 1. The van der Waals surface area contributed by atoms with Gasteiger partial charge in [0.1, 0.15) is 5.75 Å². The molecule has 1 fully saturated rings. The van der Waals surface area contributed by atoms with Crippen LogP contribution in [0.4, 0.5) is 5.69 Å². The fraction of sp³-hybridized carbons (Fsp3) is 0.409. The Bertz CT molecular complexity index is 766. The summed E-state index contributed by atoms with van der Waals surface area (Å²) in [5, 5.41) is 0. The largest absolute Gasteiger partial charge is 0.494 e. The van der Waals surface area contributed by atoms with E-state index in [4.69, 9.17) is 10.5 Å². The number of rotatable bonds is 7. The molecule has 1 aliphatic rings. The van der Waals surface area contributed by atoms with Gasteiger partial charge in [0.2, 0.25) is 5.91 Å². The molecule has 1 heterocycles. The van der Waals surface area contributed by atoms with Gasteiger partial charge in [0.15, 0.2) is 0 Å². The molecule has 27 heavy (non-hydrogen) atoms. The summed E-state index contributed by atoms with van der Waals surface area (Å²) in [4.78, 5) is 16.1. The maximum absolute atomic E-state index is 11.1. The van der Waals surface area contributed by atoms with Gasteiger partial charge in [-0.15, -0.1) is 0 Å². The molecule has 0 aromatic heterocycles. The number of hydrogen-bond acceptors (Lipinski definition) is 4. The molecular formula is C22H29N3O2. The predicted molar refractivity (Wildman–Crippen MR) is 110 cm³/mol. The first-order valence-electron chi connectivity index (χ1n) is 9.61. The first-order valence-corrected chi connectivity index (χ1v) is 9.61. The molecule has 1 aliphatic heterocycles. The number of benzene rings is 2. The van der Waals surface area contributed by atoms with Crippen LogP contribution < -0.4 is 15.4 Å². The van der Waals surface area contributed by atoms with Crippen LogP contribution in [0, 0.1) is 13.8 Å². The van der Waals surface area contributed by atoms with Crippen molar-refractivity contribution in [3.63, 3.8) is 0 Å². The van der Waals surface area contributed by atoms with E-state index >= 15 is 0 Å². The number of nitrogens with zero attached hydrogens (tertiary/aromatic N) is 2. The number of piperazine rings is 1. The van der Waals surface area contributed by atoms with Crippen molar-refractivity contribution in [1.29, 1.82) is 0 Å². The molecule has 2 N–H and O–H groups in total. The summed E-state index contributed by atoms with van der Waals surface area (Å²) in [7, 11) is 0. The van der Waals surface area contributed by atoms with Crippen LogP contribution in [0.2, 0.25) is 0 Å². The lowest BCUT2D eigenvalue weighted by molar-refractivity contribution is 0.100. The van der Waals surface area contributed by atoms with Crippen molar-refractivity contribution >= 4 is 11.6 Å². The molecule has 0 radical (unpaired) electrons. The maximum atomic E-state index is 11.1. The molecule has 0 saturated carbocycles. The van der Waals surface area contributed by atoms with Crippen LogP contribution >= 0.6 is 0 Å². The molecule has 0 atom stereocenters. The molecule has 3 rings (SSSR count). The van der Waals surface area contributed by atoms with Gasteiger partial charge in [-0.05, 0) is 61.7 Å². The zero-order chi connectivity index (χ0) is 19.2. The van der Waals surface area contributed by atoms with Crippen LogP contribution in [0.3, 0.4) is 0 Å². The van der Waals surface area contributed by atoms with E-state index in [-0.39, 0.29) is 0 Å². The summed E-state index contributed by atoms with van der Waals surface area (Å²) in [6, 6.07) is 13.5. The molecule has 1 saturated heterocycles. The Balaban J connectivity index is 1.38. The van der Waals surface area contributed by atoms with E-state index in [9.17, 15) is 4.79 Å². The highest BCUT2D eigenvalue weighted by atomic mass is 16.5. The minimum atomic E-state index is -0.415. The normalized spacial score (nSPS) is 15.0. The smallest absolute Gasteiger partial charge is 0.248 e. The first-order chi connectivity index (χ1) is 13.0. The van der Waals surface area contributed by atoms with Crippen LogP contribution in [0.15, 0.2) is 42.5 Å². The van der Waals surface area contributed by atoms with Crippen molar-refractivity contribution in [3.8, 4) is 5.75 Å². The van der Waals surface area contributed by atoms with Gasteiger partial charge in [-0.25, -0.2) is 0 Å². The van der Waals surface area contributed by atoms with Gasteiger partial charge in [-0.2, -0.15) is 0 Å². The van der Waals surface area contributed by atoms with Crippen LogP contribution in [-0.2, 0) is 0 Å². The fourth-order valence-electron chi connectivity index (χ4n) is 3.48. The van der Waals surface area contributed by atoms with Gasteiger partial charge in [0, 0.05) is 44.0 Å². The van der Waals surface area contributed by atoms with E-state index in [2.05, 4.69) is 41.8 Å². The Kier molecular flexibility index (Phi) is 6.35. The van der Waals surface area contributed by atoms with Crippen LogP contribution in [0.25, 0.3) is 0 Å². The fourth-order valence-corrected chi connectivity index (χ4v) is 3.48. The quantitative estimate of drug-likeness (QED) is 0.765. The average Bonchev–Trinajstić information content (AvgIpc) is 2.68. The van der Waals surface area contributed by atoms with E-state index in [1.54, 1.807) is 24.3 Å². The van der Waals surface area contributed by atoms with Crippen molar-refractivity contribution in [3.05, 3.63) is 59.2 Å². The highest BCUT2D eigenvalue weighted by Crippen LogP contribution is 2.23. The number of carbonyl (C=O) groups excluding carboxylic acids is 1. The van der Waals surface area contributed by atoms with Crippen LogP contribution in [0.5, 0.6) is 5.75 Å². The van der Waals surface area contributed by atoms with Crippen molar-refractivity contribution in [1.82, 2.24) is 4.90 Å². The Hall–Kier alpha value is -2.53. The molecule has 0 aliphatic carbocycles. The van der Waals surface area contributed by atoms with Crippen molar-refractivity contribution in [2.24, 2.45) is 5.73 Å². The second kappa shape index (κ2) is 8.91. The zero-order valence-corrected chi connectivity index (χ0v) is 16.3. The summed E-state index contributed by atoms with van der Waals surface area (Å²) < 4.78 is 5.76. The van der Waals surface area contributed by atoms with E-state index in [1.165, 1.54) is 16.8 Å². The number of nitrogens with two attached hydrogens (primary N) is 1. The Morgan fingerprint density at radius 3 is 2.41 bits per heavy atom. The van der Waals surface area contributed by atoms with Crippen molar-refractivity contribution < 1.29 is 9.53 Å². The monoisotopic (exact) mass is 367 g/mol. The number of aryl methyl sites for hydroxylation is 1. The molecule has 5 heteroatoms. The third-order valence-electron chi connectivity index (χ3n) is 5.32. The van der Waals surface area contributed by atoms with Gasteiger partial charge in [0.25, 0.3) is 0 Å². The van der Waals surface area contributed by atoms with Gasteiger partial charge >= 0.3 is 0 Å². The van der Waals surface area contributed by atoms with E-state index in [0.29, 0.717) is 12.2 Å². The molecule has 0 unspecified atom stereocenters. The number of amides is 1. The summed E-state index contributed by atoms with van der Waals surface area (Å²) in [6.45, 7) is 10.4. The molecule has 0 spiro atoms. The minimum Gasteiger partial charge on any atom is -0.494 e. The van der Waals surface area contributed by atoms with Crippen LogP contribution in [-0.4, -0.2) is 50.1 Å². The molecular weight excluding hydrogens is 338 g/mol. The van der Waals surface area contributed by atoms with Gasteiger partial charge < -0.3 is 15.4 Å². The summed E-state index contributed by atoms with van der Waals surface area (Å²) in [6.07, 6.45) is 0.987. The van der Waals surface area contributed by atoms with Crippen LogP contribution in [0.1, 0.15) is 27.9 Å². The van der Waals surface area contributed by atoms with Gasteiger partial charge in [0.05, 0.1) is 6.61 Å². The molecule has 2 aromatic carbocycles. The lowest BCUT2D eigenvalue weighted by Crippen LogP contribution is -2.47. The Morgan fingerprint density at radius 2 is 1.74 bits per heavy atom. The summed E-state index contributed by atoms with van der Waals surface area (Å²) in [5.41, 5.74) is 9.87. The van der Waals surface area contributed by atoms with Gasteiger partial charge in [-0.3, -0.25) is 9.69 Å². The van der Waals surface area contributed by atoms with Crippen molar-refractivity contribution in [2.45, 2.75) is 20.3 Å². The standard InChI is InChI=1S/C22H29N3O2/c1-17-5-3-6-21(18(17)2)25-14-12-24(13-15-25)11-4-16-27-20-9-7-19(8-10-20)22(23)26/h3,5-10H,4,11-16H2,1-2H3,(H2,23,26). The Morgan fingerprint density at radius 1 is 1.04 bits per heavy atom. The number of carbonyl (C=O) groups is 1. The first kappa shape index (κ1) is 19.2. The highest BCUT2D eigenvalue weighted by molar-refractivity contribution is 5.92. The topological polar surface area (TPSA) is 58.8 Å². The van der Waals surface area contributed by atoms with E-state index in [1.807, 2.05) is 0 Å². The molecule has 1 amide bonds. The second-order valence-corrected chi connectivity index (χ2v) is 7.14. The predicted octanol–water partition coefficient (Wildman–Crippen LogP) is 2.99. The van der Waals surface area contributed by atoms with Crippen molar-refractivity contribution in [2.75, 3.05) is 44.2 Å². The molecule has 5 nitrogen and oxygen atoms in total. The third-order valence-corrected chi connectivity index (χ3v) is 5.32. The number of ether oxygens (including phenoxy) is 1. The van der Waals surface area contributed by atoms with E-state index in [0.717, 1.165) is 44.9 Å². The second-order valence-electron chi connectivity index (χ2n) is 7.14. The number of anilines is 1. The molecule has 0 bridgehead atoms. The van der Waals surface area contributed by atoms with Gasteiger partial charge in [-0.1, -0.05) is 12.1 Å². The summed E-state index contributed by atoms with van der Waals surface area (Å²) >= 11 is 0. The zero-order valence-electron chi connectivity index (χ0n) is 16.3.